The molecule has 0 bridgehead atoms. The molecular formula is C20H34BNO4S. The molecule has 7 heteroatoms. The Hall–Kier alpha value is -0.565. The van der Waals surface area contributed by atoms with Gasteiger partial charge in [0.15, 0.2) is 6.29 Å². The van der Waals surface area contributed by atoms with Crippen LogP contribution in [-0.4, -0.2) is 57.7 Å². The molecule has 1 aliphatic rings. The monoisotopic (exact) mass is 395 g/mol. The summed E-state index contributed by atoms with van der Waals surface area (Å²) in [4.78, 5) is 1.23. The number of ether oxygens (including phenoxy) is 2. The van der Waals surface area contributed by atoms with E-state index in [1.54, 1.807) is 21.3 Å². The summed E-state index contributed by atoms with van der Waals surface area (Å²) >= 11 is 1.81. The maximum Gasteiger partial charge on any atom is 0.494 e. The third-order valence-electron chi connectivity index (χ3n) is 5.23. The van der Waals surface area contributed by atoms with Crippen LogP contribution in [-0.2, 0) is 18.8 Å². The van der Waals surface area contributed by atoms with Crippen molar-refractivity contribution in [1.82, 2.24) is 4.31 Å². The third-order valence-corrected chi connectivity index (χ3v) is 6.33. The first-order valence-corrected chi connectivity index (χ1v) is 10.5. The van der Waals surface area contributed by atoms with E-state index >= 15 is 0 Å². The van der Waals surface area contributed by atoms with E-state index < -0.39 is 0 Å². The van der Waals surface area contributed by atoms with Crippen molar-refractivity contribution in [3.63, 3.8) is 0 Å². The third kappa shape index (κ3) is 6.77. The minimum absolute atomic E-state index is 0.0882. The molecule has 27 heavy (non-hydrogen) atoms. The standard InChI is InChI=1S/C20H34BNO4S/c1-7-20(2,3)26-21(25-6)17-8-10-18(11-9-17)27-22-14-12-16(13-15-22)19(23-4)24-5/h8-11,16,19H,7,12-15H2,1-6H3. The van der Waals surface area contributed by atoms with Crippen molar-refractivity contribution in [2.45, 2.75) is 56.8 Å². The van der Waals surface area contributed by atoms with E-state index in [-0.39, 0.29) is 19.0 Å². The topological polar surface area (TPSA) is 40.2 Å². The lowest BCUT2D eigenvalue weighted by Crippen LogP contribution is -2.43. The van der Waals surface area contributed by atoms with Crippen LogP contribution in [0, 0.1) is 5.92 Å². The lowest BCUT2D eigenvalue weighted by Gasteiger charge is -2.34. The van der Waals surface area contributed by atoms with Gasteiger partial charge >= 0.3 is 7.12 Å². The molecule has 0 saturated carbocycles. The molecule has 1 saturated heterocycles. The Balaban J connectivity index is 1.89. The molecule has 5 nitrogen and oxygen atoms in total. The predicted molar refractivity (Wildman–Crippen MR) is 112 cm³/mol. The van der Waals surface area contributed by atoms with Crippen molar-refractivity contribution in [3.05, 3.63) is 24.3 Å². The highest BCUT2D eigenvalue weighted by Gasteiger charge is 2.29. The van der Waals surface area contributed by atoms with Gasteiger partial charge < -0.3 is 18.8 Å². The van der Waals surface area contributed by atoms with Crippen LogP contribution >= 0.6 is 11.9 Å². The number of benzene rings is 1. The lowest BCUT2D eigenvalue weighted by atomic mass is 9.77. The van der Waals surface area contributed by atoms with Gasteiger partial charge in [0.05, 0.1) is 0 Å². The van der Waals surface area contributed by atoms with Crippen LogP contribution in [0.5, 0.6) is 0 Å². The minimum atomic E-state index is -0.338. The van der Waals surface area contributed by atoms with Gasteiger partial charge in [-0.05, 0) is 62.7 Å². The van der Waals surface area contributed by atoms with E-state index in [0.717, 1.165) is 37.8 Å². The summed E-state index contributed by atoms with van der Waals surface area (Å²) in [7, 11) is 4.79. The number of hydrogen-bond donors (Lipinski definition) is 0. The molecule has 0 atom stereocenters. The Morgan fingerprint density at radius 2 is 1.70 bits per heavy atom. The first-order chi connectivity index (χ1) is 12.9. The second-order valence-electron chi connectivity index (χ2n) is 7.57. The zero-order valence-corrected chi connectivity index (χ0v) is 18.4. The molecule has 0 amide bonds. The zero-order valence-electron chi connectivity index (χ0n) is 17.6. The van der Waals surface area contributed by atoms with E-state index in [1.165, 1.54) is 4.90 Å². The van der Waals surface area contributed by atoms with Crippen molar-refractivity contribution in [3.8, 4) is 0 Å². The fraction of sp³-hybridized carbons (Fsp3) is 0.700. The summed E-state index contributed by atoms with van der Waals surface area (Å²) in [6.07, 6.45) is 3.02. The Labute approximate surface area is 169 Å². The summed E-state index contributed by atoms with van der Waals surface area (Å²) in [6.45, 7) is 8.37. The highest BCUT2D eigenvalue weighted by molar-refractivity contribution is 7.97. The summed E-state index contributed by atoms with van der Waals surface area (Å²) in [6, 6.07) is 8.49. The molecule has 1 aliphatic heterocycles. The van der Waals surface area contributed by atoms with Crippen molar-refractivity contribution < 1.29 is 18.8 Å². The highest BCUT2D eigenvalue weighted by Crippen LogP contribution is 2.30. The predicted octanol–water partition coefficient (Wildman–Crippen LogP) is 3.57. The normalized spacial score (nSPS) is 16.9. The number of nitrogens with zero attached hydrogens (tertiary/aromatic N) is 1. The number of piperidine rings is 1. The molecule has 1 aromatic rings. The molecular weight excluding hydrogens is 361 g/mol. The van der Waals surface area contributed by atoms with Crippen LogP contribution < -0.4 is 5.46 Å². The van der Waals surface area contributed by atoms with Gasteiger partial charge in [-0.15, -0.1) is 0 Å². The van der Waals surface area contributed by atoms with E-state index in [0.29, 0.717) is 5.92 Å². The largest absolute Gasteiger partial charge is 0.494 e. The van der Waals surface area contributed by atoms with Crippen molar-refractivity contribution in [1.29, 1.82) is 0 Å². The maximum atomic E-state index is 6.10. The SMILES string of the molecule is CCC(C)(C)OB(OC)c1ccc(SN2CCC(C(OC)OC)CC2)cc1. The summed E-state index contributed by atoms with van der Waals surface area (Å²) in [5, 5.41) is 0. The molecule has 0 N–H and O–H groups in total. The van der Waals surface area contributed by atoms with Gasteiger partial charge in [-0.2, -0.15) is 0 Å². The van der Waals surface area contributed by atoms with Crippen LogP contribution in [0.25, 0.3) is 0 Å². The summed E-state index contributed by atoms with van der Waals surface area (Å²) < 4.78 is 24.9. The van der Waals surface area contributed by atoms with E-state index in [9.17, 15) is 0 Å². The first kappa shape index (κ1) is 22.7. The fourth-order valence-corrected chi connectivity index (χ4v) is 4.13. The van der Waals surface area contributed by atoms with Crippen LogP contribution in [0.2, 0.25) is 0 Å². The highest BCUT2D eigenvalue weighted by atomic mass is 32.2. The average molecular weight is 395 g/mol. The van der Waals surface area contributed by atoms with Crippen molar-refractivity contribution in [2.75, 3.05) is 34.4 Å². The van der Waals surface area contributed by atoms with E-state index in [4.69, 9.17) is 18.8 Å². The Morgan fingerprint density at radius 3 is 2.19 bits per heavy atom. The first-order valence-electron chi connectivity index (χ1n) is 9.71. The van der Waals surface area contributed by atoms with Crippen molar-refractivity contribution in [2.24, 2.45) is 5.92 Å². The fourth-order valence-electron chi connectivity index (χ4n) is 3.18. The molecule has 1 heterocycles. The van der Waals surface area contributed by atoms with Crippen LogP contribution in [0.4, 0.5) is 0 Å². The molecule has 1 fully saturated rings. The van der Waals surface area contributed by atoms with Gasteiger partial charge in [0, 0.05) is 50.8 Å². The van der Waals surface area contributed by atoms with Crippen LogP contribution in [0.3, 0.4) is 0 Å². The summed E-state index contributed by atoms with van der Waals surface area (Å²) in [5.74, 6) is 0.473. The van der Waals surface area contributed by atoms with E-state index in [2.05, 4.69) is 49.3 Å². The molecule has 0 aromatic heterocycles. The van der Waals surface area contributed by atoms with Gasteiger partial charge in [-0.3, -0.25) is 0 Å². The Bertz CT molecular complexity index is 545. The molecule has 1 aromatic carbocycles. The molecule has 2 rings (SSSR count). The quantitative estimate of drug-likeness (QED) is 0.343. The van der Waals surface area contributed by atoms with Gasteiger partial charge in [0.1, 0.15) is 0 Å². The second-order valence-corrected chi connectivity index (χ2v) is 8.74. The van der Waals surface area contributed by atoms with Gasteiger partial charge in [0.25, 0.3) is 0 Å². The number of methoxy groups -OCH3 is 2. The average Bonchev–Trinajstić information content (AvgIpc) is 2.69. The maximum absolute atomic E-state index is 6.10. The van der Waals surface area contributed by atoms with E-state index in [1.807, 2.05) is 11.9 Å². The molecule has 152 valence electrons. The Morgan fingerprint density at radius 1 is 1.11 bits per heavy atom. The molecule has 0 radical (unpaired) electrons. The number of rotatable bonds is 10. The summed E-state index contributed by atoms with van der Waals surface area (Å²) in [5.41, 5.74) is 0.839. The Kier molecular flexibility index (Phi) is 9.12. The minimum Gasteiger partial charge on any atom is -0.410 e. The molecule has 0 unspecified atom stereocenters. The van der Waals surface area contributed by atoms with Crippen molar-refractivity contribution >= 4 is 24.5 Å². The van der Waals surface area contributed by atoms with Crippen LogP contribution in [0.1, 0.15) is 40.0 Å². The van der Waals surface area contributed by atoms with Crippen LogP contribution in [0.15, 0.2) is 29.2 Å². The molecule has 0 spiro atoms. The second kappa shape index (κ2) is 10.8. The van der Waals surface area contributed by atoms with Gasteiger partial charge in [0.2, 0.25) is 0 Å². The van der Waals surface area contributed by atoms with Gasteiger partial charge in [-0.1, -0.05) is 19.1 Å². The van der Waals surface area contributed by atoms with Gasteiger partial charge in [-0.25, -0.2) is 4.31 Å². The molecule has 0 aliphatic carbocycles. The number of hydrogen-bond acceptors (Lipinski definition) is 6. The smallest absolute Gasteiger partial charge is 0.410 e. The zero-order chi connectivity index (χ0) is 19.9. The lowest BCUT2D eigenvalue weighted by molar-refractivity contribution is -0.144.